The maximum atomic E-state index is 13.0. The van der Waals surface area contributed by atoms with Gasteiger partial charge in [-0.1, -0.05) is 17.7 Å². The van der Waals surface area contributed by atoms with E-state index >= 15 is 0 Å². The summed E-state index contributed by atoms with van der Waals surface area (Å²) in [6.07, 6.45) is 0.797. The summed E-state index contributed by atoms with van der Waals surface area (Å²) in [6.45, 7) is 4.64. The molecule has 0 fully saturated rings. The summed E-state index contributed by atoms with van der Waals surface area (Å²) in [6, 6.07) is 6.65. The minimum atomic E-state index is -0.196. The molecule has 0 unspecified atom stereocenters. The summed E-state index contributed by atoms with van der Waals surface area (Å²) in [5.41, 5.74) is 8.80. The smallest absolute Gasteiger partial charge is 0.123 e. The first-order chi connectivity index (χ1) is 6.65. The molecule has 0 bridgehead atoms. The van der Waals surface area contributed by atoms with Crippen LogP contribution < -0.4 is 5.73 Å². The van der Waals surface area contributed by atoms with Crippen molar-refractivity contribution in [3.8, 4) is 0 Å². The van der Waals surface area contributed by atoms with Crippen molar-refractivity contribution in [3.05, 3.63) is 41.2 Å². The van der Waals surface area contributed by atoms with Gasteiger partial charge in [-0.3, -0.25) is 0 Å². The molecule has 0 spiro atoms. The van der Waals surface area contributed by atoms with Gasteiger partial charge in [0.1, 0.15) is 5.82 Å². The van der Waals surface area contributed by atoms with E-state index in [1.165, 1.54) is 11.6 Å². The summed E-state index contributed by atoms with van der Waals surface area (Å²) in [5, 5.41) is 0. The van der Waals surface area contributed by atoms with Gasteiger partial charge in [0.15, 0.2) is 0 Å². The molecule has 1 rings (SSSR count). The average Bonchev–Trinajstić information content (AvgIpc) is 2.13. The Hall–Kier alpha value is -1.15. The van der Waals surface area contributed by atoms with Crippen LogP contribution in [0, 0.1) is 5.82 Å². The number of hydrogen-bond donors (Lipinski definition) is 1. The molecule has 0 radical (unpaired) electrons. The van der Waals surface area contributed by atoms with E-state index in [-0.39, 0.29) is 5.82 Å². The molecule has 0 heterocycles. The van der Waals surface area contributed by atoms with E-state index in [0.29, 0.717) is 6.54 Å². The molecule has 1 aromatic carbocycles. The molecule has 2 N–H and O–H groups in total. The van der Waals surface area contributed by atoms with Gasteiger partial charge < -0.3 is 5.73 Å². The molecule has 0 atom stereocenters. The molecule has 14 heavy (non-hydrogen) atoms. The van der Waals surface area contributed by atoms with E-state index in [2.05, 4.69) is 0 Å². The summed E-state index contributed by atoms with van der Waals surface area (Å²) in [5.74, 6) is -0.196. The quantitative estimate of drug-likeness (QED) is 0.784. The van der Waals surface area contributed by atoms with E-state index in [9.17, 15) is 4.39 Å². The van der Waals surface area contributed by atoms with Gasteiger partial charge in [-0.05, 0) is 50.1 Å². The van der Waals surface area contributed by atoms with E-state index < -0.39 is 0 Å². The third kappa shape index (κ3) is 2.67. The SMILES string of the molecule is CC(C)=C(CCN)c1cccc(F)c1. The molecule has 0 amide bonds. The first-order valence-electron chi connectivity index (χ1n) is 4.77. The Morgan fingerprint density at radius 2 is 2.07 bits per heavy atom. The Morgan fingerprint density at radius 3 is 2.57 bits per heavy atom. The number of nitrogens with two attached hydrogens (primary N) is 1. The second-order valence-electron chi connectivity index (χ2n) is 3.53. The largest absolute Gasteiger partial charge is 0.330 e. The van der Waals surface area contributed by atoms with Gasteiger partial charge >= 0.3 is 0 Å². The molecule has 2 heteroatoms. The molecule has 1 aromatic rings. The third-order valence-electron chi connectivity index (χ3n) is 2.17. The highest BCUT2D eigenvalue weighted by atomic mass is 19.1. The Balaban J connectivity index is 3.06. The van der Waals surface area contributed by atoms with Crippen molar-refractivity contribution >= 4 is 5.57 Å². The fourth-order valence-corrected chi connectivity index (χ4v) is 1.50. The topological polar surface area (TPSA) is 26.0 Å². The van der Waals surface area contributed by atoms with Crippen molar-refractivity contribution in [2.75, 3.05) is 6.54 Å². The molecule has 0 aromatic heterocycles. The van der Waals surface area contributed by atoms with E-state index in [0.717, 1.165) is 17.6 Å². The number of hydrogen-bond acceptors (Lipinski definition) is 1. The fourth-order valence-electron chi connectivity index (χ4n) is 1.50. The summed E-state index contributed by atoms with van der Waals surface area (Å²) in [7, 11) is 0. The minimum Gasteiger partial charge on any atom is -0.330 e. The van der Waals surface area contributed by atoms with Crippen LogP contribution in [0.1, 0.15) is 25.8 Å². The monoisotopic (exact) mass is 193 g/mol. The molecular weight excluding hydrogens is 177 g/mol. The third-order valence-corrected chi connectivity index (χ3v) is 2.17. The van der Waals surface area contributed by atoms with E-state index in [1.807, 2.05) is 19.9 Å². The number of allylic oxidation sites excluding steroid dienone is 1. The zero-order chi connectivity index (χ0) is 10.6. The van der Waals surface area contributed by atoms with Gasteiger partial charge in [-0.25, -0.2) is 4.39 Å². The zero-order valence-corrected chi connectivity index (χ0v) is 8.68. The molecule has 0 aliphatic rings. The number of halogens is 1. The highest BCUT2D eigenvalue weighted by Crippen LogP contribution is 2.22. The van der Waals surface area contributed by atoms with Crippen LogP contribution in [-0.4, -0.2) is 6.54 Å². The number of benzene rings is 1. The lowest BCUT2D eigenvalue weighted by Crippen LogP contribution is -2.01. The molecule has 0 saturated carbocycles. The standard InChI is InChI=1S/C12H16FN/c1-9(2)12(6-7-14)10-4-3-5-11(13)8-10/h3-5,8H,6-7,14H2,1-2H3. The van der Waals surface area contributed by atoms with Crippen molar-refractivity contribution in [2.45, 2.75) is 20.3 Å². The lowest BCUT2D eigenvalue weighted by molar-refractivity contribution is 0.627. The van der Waals surface area contributed by atoms with Crippen LogP contribution in [0.5, 0.6) is 0 Å². The van der Waals surface area contributed by atoms with Gasteiger partial charge in [0.2, 0.25) is 0 Å². The normalized spacial score (nSPS) is 10.0. The van der Waals surface area contributed by atoms with Crippen LogP contribution >= 0.6 is 0 Å². The predicted molar refractivity (Wildman–Crippen MR) is 58.3 cm³/mol. The van der Waals surface area contributed by atoms with Gasteiger partial charge in [0, 0.05) is 0 Å². The Kier molecular flexibility index (Phi) is 3.84. The van der Waals surface area contributed by atoms with Gasteiger partial charge in [-0.2, -0.15) is 0 Å². The van der Waals surface area contributed by atoms with Crippen LogP contribution in [-0.2, 0) is 0 Å². The lowest BCUT2D eigenvalue weighted by atomic mass is 9.98. The summed E-state index contributed by atoms with van der Waals surface area (Å²) < 4.78 is 13.0. The van der Waals surface area contributed by atoms with Crippen LogP contribution in [0.3, 0.4) is 0 Å². The van der Waals surface area contributed by atoms with Crippen molar-refractivity contribution in [3.63, 3.8) is 0 Å². The molecule has 76 valence electrons. The van der Waals surface area contributed by atoms with Crippen LogP contribution in [0.25, 0.3) is 5.57 Å². The highest BCUT2D eigenvalue weighted by molar-refractivity contribution is 5.68. The van der Waals surface area contributed by atoms with Gasteiger partial charge in [-0.15, -0.1) is 0 Å². The first-order valence-corrected chi connectivity index (χ1v) is 4.77. The Morgan fingerprint density at radius 1 is 1.36 bits per heavy atom. The van der Waals surface area contributed by atoms with Crippen LogP contribution in [0.4, 0.5) is 4.39 Å². The maximum absolute atomic E-state index is 13.0. The van der Waals surface area contributed by atoms with Crippen molar-refractivity contribution in [2.24, 2.45) is 5.73 Å². The van der Waals surface area contributed by atoms with Crippen molar-refractivity contribution in [1.29, 1.82) is 0 Å². The van der Waals surface area contributed by atoms with E-state index in [4.69, 9.17) is 5.73 Å². The summed E-state index contributed by atoms with van der Waals surface area (Å²) >= 11 is 0. The molecule has 0 aliphatic heterocycles. The molecule has 0 saturated heterocycles. The van der Waals surface area contributed by atoms with Gasteiger partial charge in [0.25, 0.3) is 0 Å². The Bertz CT molecular complexity index is 338. The maximum Gasteiger partial charge on any atom is 0.123 e. The van der Waals surface area contributed by atoms with Crippen molar-refractivity contribution < 1.29 is 4.39 Å². The van der Waals surface area contributed by atoms with Gasteiger partial charge in [0.05, 0.1) is 0 Å². The highest BCUT2D eigenvalue weighted by Gasteiger charge is 2.03. The average molecular weight is 193 g/mol. The first kappa shape index (κ1) is 10.9. The number of rotatable bonds is 3. The lowest BCUT2D eigenvalue weighted by Gasteiger charge is -2.09. The predicted octanol–water partition coefficient (Wildman–Crippen LogP) is 2.97. The molecule has 0 aliphatic carbocycles. The van der Waals surface area contributed by atoms with Crippen LogP contribution in [0.2, 0.25) is 0 Å². The molecule has 1 nitrogen and oxygen atoms in total. The minimum absolute atomic E-state index is 0.196. The van der Waals surface area contributed by atoms with Crippen LogP contribution in [0.15, 0.2) is 29.8 Å². The second-order valence-corrected chi connectivity index (χ2v) is 3.53. The zero-order valence-electron chi connectivity index (χ0n) is 8.68. The second kappa shape index (κ2) is 4.91. The summed E-state index contributed by atoms with van der Waals surface area (Å²) in [4.78, 5) is 0. The van der Waals surface area contributed by atoms with E-state index in [1.54, 1.807) is 12.1 Å². The molecular formula is C12H16FN. The fraction of sp³-hybridized carbons (Fsp3) is 0.333. The Labute approximate surface area is 84.4 Å². The van der Waals surface area contributed by atoms with Crippen molar-refractivity contribution in [1.82, 2.24) is 0 Å².